The highest BCUT2D eigenvalue weighted by atomic mass is 32.1. The first-order chi connectivity index (χ1) is 13.9. The van der Waals surface area contributed by atoms with Crippen LogP contribution in [0.25, 0.3) is 5.69 Å². The van der Waals surface area contributed by atoms with E-state index in [1.807, 2.05) is 48.9 Å². The van der Waals surface area contributed by atoms with Gasteiger partial charge in [-0.25, -0.2) is 4.68 Å². The molecule has 0 radical (unpaired) electrons. The number of rotatable bonds is 4. The van der Waals surface area contributed by atoms with E-state index in [1.54, 1.807) is 0 Å². The molecule has 6 nitrogen and oxygen atoms in total. The van der Waals surface area contributed by atoms with Crippen LogP contribution >= 0.6 is 12.2 Å². The quantitative estimate of drug-likeness (QED) is 0.530. The van der Waals surface area contributed by atoms with Gasteiger partial charge in [-0.15, -0.1) is 0 Å². The Balaban J connectivity index is 1.55. The van der Waals surface area contributed by atoms with Gasteiger partial charge in [-0.3, -0.25) is 15.6 Å². The van der Waals surface area contributed by atoms with Gasteiger partial charge in [-0.1, -0.05) is 44.9 Å². The van der Waals surface area contributed by atoms with Crippen LogP contribution in [0.5, 0.6) is 0 Å². The standard InChI is InChI=1S/C22H31N5OS/c1-14-9-8-12-20(15(14)2)23-22(29)25-24-21(28)13-19-16(3)26-27(17(19)4)18-10-6-5-7-11-18/h5-7,10-11,14-15,20H,8-9,12-13H2,1-4H3,(H,24,28)(H2,23,25,29)/t14-,15-,20-/m0/s1. The van der Waals surface area contributed by atoms with Gasteiger partial charge < -0.3 is 5.32 Å². The van der Waals surface area contributed by atoms with Crippen molar-refractivity contribution in [2.75, 3.05) is 0 Å². The zero-order chi connectivity index (χ0) is 21.0. The fraction of sp³-hybridized carbons (Fsp3) is 0.500. The van der Waals surface area contributed by atoms with E-state index in [0.717, 1.165) is 29.1 Å². The summed E-state index contributed by atoms with van der Waals surface area (Å²) in [6.45, 7) is 8.47. The predicted octanol–water partition coefficient (Wildman–Crippen LogP) is 3.35. The molecule has 1 aromatic carbocycles. The average Bonchev–Trinajstić information content (AvgIpc) is 2.99. The maximum atomic E-state index is 12.5. The van der Waals surface area contributed by atoms with Crippen molar-refractivity contribution in [2.45, 2.75) is 59.4 Å². The summed E-state index contributed by atoms with van der Waals surface area (Å²) in [7, 11) is 0. The van der Waals surface area contributed by atoms with Gasteiger partial charge in [0.25, 0.3) is 0 Å². The molecule has 1 aliphatic rings. The van der Waals surface area contributed by atoms with E-state index in [4.69, 9.17) is 12.2 Å². The first-order valence-corrected chi connectivity index (χ1v) is 10.7. The molecule has 1 aromatic heterocycles. The summed E-state index contributed by atoms with van der Waals surface area (Å²) in [5.74, 6) is 1.11. The molecule has 0 unspecified atom stereocenters. The molecule has 29 heavy (non-hydrogen) atoms. The van der Waals surface area contributed by atoms with Crippen molar-refractivity contribution in [3.05, 3.63) is 47.3 Å². The number of hydrogen-bond acceptors (Lipinski definition) is 3. The number of aromatic nitrogens is 2. The number of nitrogens with zero attached hydrogens (tertiary/aromatic N) is 2. The molecule has 3 rings (SSSR count). The third-order valence-corrected chi connectivity index (χ3v) is 6.34. The van der Waals surface area contributed by atoms with Crippen molar-refractivity contribution in [1.29, 1.82) is 0 Å². The summed E-state index contributed by atoms with van der Waals surface area (Å²) in [5, 5.41) is 8.43. The van der Waals surface area contributed by atoms with Gasteiger partial charge in [0.2, 0.25) is 5.91 Å². The normalized spacial score (nSPS) is 21.4. The van der Waals surface area contributed by atoms with Crippen LogP contribution in [0.15, 0.2) is 30.3 Å². The zero-order valence-electron chi connectivity index (χ0n) is 17.7. The van der Waals surface area contributed by atoms with Crippen molar-refractivity contribution in [1.82, 2.24) is 25.9 Å². The van der Waals surface area contributed by atoms with Gasteiger partial charge in [0.1, 0.15) is 0 Å². The lowest BCUT2D eigenvalue weighted by atomic mass is 9.78. The summed E-state index contributed by atoms with van der Waals surface area (Å²) in [5.41, 5.74) is 9.32. The van der Waals surface area contributed by atoms with Crippen LogP contribution in [0.3, 0.4) is 0 Å². The number of aryl methyl sites for hydroxylation is 1. The van der Waals surface area contributed by atoms with E-state index < -0.39 is 0 Å². The maximum Gasteiger partial charge on any atom is 0.242 e. The Hall–Kier alpha value is -2.41. The highest BCUT2D eigenvalue weighted by Gasteiger charge is 2.27. The van der Waals surface area contributed by atoms with Gasteiger partial charge >= 0.3 is 0 Å². The Labute approximate surface area is 178 Å². The van der Waals surface area contributed by atoms with Crippen LogP contribution in [0, 0.1) is 25.7 Å². The molecule has 1 heterocycles. The summed E-state index contributed by atoms with van der Waals surface area (Å²) in [6, 6.07) is 10.3. The minimum atomic E-state index is -0.141. The molecule has 1 amide bonds. The number of hydrazine groups is 1. The second kappa shape index (κ2) is 9.39. The largest absolute Gasteiger partial charge is 0.358 e. The van der Waals surface area contributed by atoms with Crippen LogP contribution in [0.2, 0.25) is 0 Å². The summed E-state index contributed by atoms with van der Waals surface area (Å²) < 4.78 is 1.88. The molecular formula is C22H31N5OS. The van der Waals surface area contributed by atoms with Crippen LogP contribution in [0.4, 0.5) is 0 Å². The highest BCUT2D eigenvalue weighted by molar-refractivity contribution is 7.80. The predicted molar refractivity (Wildman–Crippen MR) is 120 cm³/mol. The number of carbonyl (C=O) groups is 1. The number of benzene rings is 1. The molecule has 0 saturated heterocycles. The first-order valence-electron chi connectivity index (χ1n) is 10.3. The van der Waals surface area contributed by atoms with Crippen molar-refractivity contribution < 1.29 is 4.79 Å². The summed E-state index contributed by atoms with van der Waals surface area (Å²) in [6.07, 6.45) is 3.84. The second-order valence-electron chi connectivity index (χ2n) is 8.09. The molecule has 1 fully saturated rings. The second-order valence-corrected chi connectivity index (χ2v) is 8.50. The van der Waals surface area contributed by atoms with Crippen molar-refractivity contribution >= 4 is 23.2 Å². The lowest BCUT2D eigenvalue weighted by molar-refractivity contribution is -0.121. The number of amides is 1. The smallest absolute Gasteiger partial charge is 0.242 e. The van der Waals surface area contributed by atoms with Gasteiger partial charge in [0, 0.05) is 17.3 Å². The van der Waals surface area contributed by atoms with Crippen LogP contribution in [-0.4, -0.2) is 26.8 Å². The molecular weight excluding hydrogens is 382 g/mol. The van der Waals surface area contributed by atoms with Crippen molar-refractivity contribution in [3.8, 4) is 5.69 Å². The molecule has 0 bridgehead atoms. The topological polar surface area (TPSA) is 71.0 Å². The Kier molecular flexibility index (Phi) is 6.90. The summed E-state index contributed by atoms with van der Waals surface area (Å²) >= 11 is 5.38. The minimum Gasteiger partial charge on any atom is -0.358 e. The average molecular weight is 414 g/mol. The van der Waals surface area contributed by atoms with E-state index in [-0.39, 0.29) is 12.3 Å². The highest BCUT2D eigenvalue weighted by Crippen LogP contribution is 2.29. The Morgan fingerprint density at radius 1 is 1.17 bits per heavy atom. The molecule has 0 aliphatic heterocycles. The summed E-state index contributed by atoms with van der Waals surface area (Å²) in [4.78, 5) is 12.5. The van der Waals surface area contributed by atoms with Crippen molar-refractivity contribution in [2.24, 2.45) is 11.8 Å². The molecule has 3 N–H and O–H groups in total. The van der Waals surface area contributed by atoms with Gasteiger partial charge in [0.15, 0.2) is 5.11 Å². The molecule has 3 atom stereocenters. The maximum absolute atomic E-state index is 12.5. The van der Waals surface area contributed by atoms with E-state index in [1.165, 1.54) is 12.8 Å². The number of thiocarbonyl (C=S) groups is 1. The molecule has 2 aromatic rings. The lowest BCUT2D eigenvalue weighted by Gasteiger charge is -2.35. The monoisotopic (exact) mass is 413 g/mol. The molecule has 1 aliphatic carbocycles. The number of hydrogen-bond donors (Lipinski definition) is 3. The van der Waals surface area contributed by atoms with E-state index in [0.29, 0.717) is 23.0 Å². The third kappa shape index (κ3) is 5.15. The number of carbonyl (C=O) groups excluding carboxylic acids is 1. The van der Waals surface area contributed by atoms with Crippen LogP contribution in [-0.2, 0) is 11.2 Å². The molecule has 1 saturated carbocycles. The Bertz CT molecular complexity index is 864. The van der Waals surface area contributed by atoms with Gasteiger partial charge in [-0.05, 0) is 56.5 Å². The Morgan fingerprint density at radius 3 is 2.62 bits per heavy atom. The Morgan fingerprint density at radius 2 is 1.90 bits per heavy atom. The van der Waals surface area contributed by atoms with Gasteiger partial charge in [0.05, 0.1) is 17.8 Å². The van der Waals surface area contributed by atoms with E-state index in [2.05, 4.69) is 35.1 Å². The fourth-order valence-electron chi connectivity index (χ4n) is 4.07. The number of para-hydroxylation sites is 1. The van der Waals surface area contributed by atoms with Crippen LogP contribution in [0.1, 0.15) is 50.1 Å². The fourth-order valence-corrected chi connectivity index (χ4v) is 4.28. The third-order valence-electron chi connectivity index (χ3n) is 6.12. The van der Waals surface area contributed by atoms with Gasteiger partial charge in [-0.2, -0.15) is 5.10 Å². The number of nitrogens with one attached hydrogen (secondary N) is 3. The van der Waals surface area contributed by atoms with Crippen LogP contribution < -0.4 is 16.2 Å². The minimum absolute atomic E-state index is 0.141. The lowest BCUT2D eigenvalue weighted by Crippen LogP contribution is -2.52. The SMILES string of the molecule is Cc1nn(-c2ccccc2)c(C)c1CC(=O)NNC(=S)N[C@H]1CCC[C@H](C)[C@@H]1C. The van der Waals surface area contributed by atoms with E-state index in [9.17, 15) is 4.79 Å². The molecule has 0 spiro atoms. The zero-order valence-corrected chi connectivity index (χ0v) is 18.5. The molecule has 7 heteroatoms. The molecule has 156 valence electrons. The van der Waals surface area contributed by atoms with Crippen molar-refractivity contribution in [3.63, 3.8) is 0 Å². The first kappa shape index (κ1) is 21.3. The van der Waals surface area contributed by atoms with E-state index >= 15 is 0 Å².